The van der Waals surface area contributed by atoms with Gasteiger partial charge in [0.1, 0.15) is 10.8 Å². The summed E-state index contributed by atoms with van der Waals surface area (Å²) in [5.74, 6) is 0. The Morgan fingerprint density at radius 3 is 1.65 bits per heavy atom. The molecule has 3 unspecified atom stereocenters. The summed E-state index contributed by atoms with van der Waals surface area (Å²) >= 11 is -3.64. The fourth-order valence-electron chi connectivity index (χ4n) is 0.636. The molecule has 17 heavy (non-hydrogen) atoms. The predicted octanol–water partition coefficient (Wildman–Crippen LogP) is 0.881. The number of hydrogen-bond donors (Lipinski definition) is 1. The summed E-state index contributed by atoms with van der Waals surface area (Å²) in [4.78, 5) is 0. The van der Waals surface area contributed by atoms with Crippen LogP contribution in [0.2, 0.25) is 0 Å². The quantitative estimate of drug-likeness (QED) is 0.600. The zero-order chi connectivity index (χ0) is 14.2. The zero-order valence-corrected chi connectivity index (χ0v) is 10.8. The summed E-state index contributed by atoms with van der Waals surface area (Å²) in [5, 5.41) is -8.77. The van der Waals surface area contributed by atoms with E-state index in [0.717, 1.165) is 0 Å². The van der Waals surface area contributed by atoms with Crippen molar-refractivity contribution in [2.75, 3.05) is 0 Å². The molecule has 0 heterocycles. The average Bonchev–Trinajstić information content (AvgIpc) is 1.98. The molecule has 0 aromatic heterocycles. The summed E-state index contributed by atoms with van der Waals surface area (Å²) in [6.07, 6.45) is 0. The largest absolute Gasteiger partial charge is 0.345 e. The van der Waals surface area contributed by atoms with Gasteiger partial charge in [-0.25, -0.2) is 12.6 Å². The van der Waals surface area contributed by atoms with Crippen LogP contribution in [-0.4, -0.2) is 35.8 Å². The summed E-state index contributed by atoms with van der Waals surface area (Å²) < 4.78 is 99.3. The Labute approximate surface area is 99.2 Å². The lowest BCUT2D eigenvalue weighted by Crippen LogP contribution is -2.44. The van der Waals surface area contributed by atoms with Gasteiger partial charge in [-0.1, -0.05) is 0 Å². The summed E-state index contributed by atoms with van der Waals surface area (Å²) in [6.45, 7) is -0.167. The van der Waals surface area contributed by atoms with E-state index < -0.39 is 46.1 Å². The lowest BCUT2D eigenvalue weighted by Gasteiger charge is -2.20. The van der Waals surface area contributed by atoms with E-state index in [1.165, 1.54) is 0 Å². The van der Waals surface area contributed by atoms with Crippen LogP contribution >= 0.6 is 0 Å². The van der Waals surface area contributed by atoms with Crippen molar-refractivity contribution in [1.29, 1.82) is 0 Å². The standard InChI is InChI=1S/C5H8F4O5S3/c1-4(6,7)15(10)3(16(11)12)17(13,14)5(2,8)9/h3H,1-2H3,(H,11,12). The second-order valence-electron chi connectivity index (χ2n) is 3.02. The highest BCUT2D eigenvalue weighted by Gasteiger charge is 2.55. The fourth-order valence-corrected chi connectivity index (χ4v) is 5.73. The van der Waals surface area contributed by atoms with Crippen molar-refractivity contribution >= 4 is 31.7 Å². The van der Waals surface area contributed by atoms with E-state index >= 15 is 0 Å². The van der Waals surface area contributed by atoms with Crippen molar-refractivity contribution in [3.63, 3.8) is 0 Å². The van der Waals surface area contributed by atoms with Crippen LogP contribution in [0, 0.1) is 0 Å². The SMILES string of the molecule is CC(F)(F)S(=O)C(S(=O)O)S(=O)(=O)C(C)(F)F. The molecule has 0 aliphatic heterocycles. The molecule has 0 aliphatic rings. The molecule has 0 bridgehead atoms. The van der Waals surface area contributed by atoms with Gasteiger partial charge in [0, 0.05) is 13.8 Å². The van der Waals surface area contributed by atoms with E-state index in [-0.39, 0.29) is 13.8 Å². The van der Waals surface area contributed by atoms with Gasteiger partial charge in [-0.05, 0) is 0 Å². The molecule has 0 amide bonds. The highest BCUT2D eigenvalue weighted by Crippen LogP contribution is 2.32. The summed E-state index contributed by atoms with van der Waals surface area (Å²) in [5.41, 5.74) is 0. The predicted molar refractivity (Wildman–Crippen MR) is 52.9 cm³/mol. The van der Waals surface area contributed by atoms with Crippen LogP contribution in [0.5, 0.6) is 0 Å². The molecule has 0 spiro atoms. The van der Waals surface area contributed by atoms with E-state index in [4.69, 9.17) is 4.55 Å². The zero-order valence-electron chi connectivity index (χ0n) is 8.39. The number of halogens is 4. The number of rotatable bonds is 5. The van der Waals surface area contributed by atoms with E-state index in [2.05, 4.69) is 0 Å². The third kappa shape index (κ3) is 3.69. The van der Waals surface area contributed by atoms with Crippen LogP contribution in [0.15, 0.2) is 0 Å². The van der Waals surface area contributed by atoms with Gasteiger partial charge in [0.2, 0.25) is 13.8 Å². The highest BCUT2D eigenvalue weighted by molar-refractivity contribution is 8.19. The van der Waals surface area contributed by atoms with Crippen molar-refractivity contribution in [2.45, 2.75) is 28.3 Å². The summed E-state index contributed by atoms with van der Waals surface area (Å²) in [7, 11) is -9.56. The Hall–Kier alpha value is -0.0700. The Morgan fingerprint density at radius 1 is 1.12 bits per heavy atom. The van der Waals surface area contributed by atoms with Gasteiger partial charge in [0.25, 0.3) is 0 Å². The monoisotopic (exact) mass is 320 g/mol. The molecule has 3 atom stereocenters. The Balaban J connectivity index is 5.77. The van der Waals surface area contributed by atoms with Gasteiger partial charge in [-0.2, -0.15) is 17.6 Å². The molecule has 0 rings (SSSR count). The maximum atomic E-state index is 12.6. The molecule has 1 N–H and O–H groups in total. The second kappa shape index (κ2) is 4.90. The minimum absolute atomic E-state index is 0.00764. The smallest absolute Gasteiger partial charge is 0.304 e. The fraction of sp³-hybridized carbons (Fsp3) is 1.00. The van der Waals surface area contributed by atoms with Crippen LogP contribution < -0.4 is 0 Å². The molecule has 0 aromatic rings. The number of sulfone groups is 1. The van der Waals surface area contributed by atoms with Crippen LogP contribution in [0.25, 0.3) is 0 Å². The number of hydrogen-bond acceptors (Lipinski definition) is 4. The third-order valence-electron chi connectivity index (χ3n) is 1.45. The molecule has 12 heteroatoms. The minimum atomic E-state index is -5.78. The molecule has 104 valence electrons. The first-order chi connectivity index (χ1) is 7.23. The maximum absolute atomic E-state index is 12.6. The molecule has 0 fully saturated rings. The maximum Gasteiger partial charge on any atom is 0.345 e. The van der Waals surface area contributed by atoms with E-state index in [0.29, 0.717) is 0 Å². The van der Waals surface area contributed by atoms with Crippen molar-refractivity contribution in [3.05, 3.63) is 0 Å². The van der Waals surface area contributed by atoms with Gasteiger partial charge in [0.15, 0.2) is 11.1 Å². The molecule has 5 nitrogen and oxygen atoms in total. The van der Waals surface area contributed by atoms with Crippen LogP contribution in [0.3, 0.4) is 0 Å². The molecule has 0 aromatic carbocycles. The van der Waals surface area contributed by atoms with Gasteiger partial charge in [0.05, 0.1) is 0 Å². The first-order valence-corrected chi connectivity index (χ1v) is 7.65. The molecule has 0 aliphatic carbocycles. The Morgan fingerprint density at radius 2 is 1.47 bits per heavy atom. The van der Waals surface area contributed by atoms with E-state index in [1.807, 2.05) is 0 Å². The third-order valence-corrected chi connectivity index (χ3v) is 7.89. The summed E-state index contributed by atoms with van der Waals surface area (Å²) in [6, 6.07) is 0. The van der Waals surface area contributed by atoms with Crippen LogP contribution in [-0.2, 0) is 31.7 Å². The minimum Gasteiger partial charge on any atom is -0.304 e. The van der Waals surface area contributed by atoms with E-state index in [9.17, 15) is 34.4 Å². The van der Waals surface area contributed by atoms with Gasteiger partial charge in [-0.3, -0.25) is 4.21 Å². The first kappa shape index (κ1) is 16.9. The lowest BCUT2D eigenvalue weighted by atomic mass is 10.9. The van der Waals surface area contributed by atoms with Crippen molar-refractivity contribution in [1.82, 2.24) is 0 Å². The van der Waals surface area contributed by atoms with Crippen LogP contribution in [0.4, 0.5) is 17.6 Å². The topological polar surface area (TPSA) is 88.5 Å². The molecular weight excluding hydrogens is 312 g/mol. The van der Waals surface area contributed by atoms with Gasteiger partial charge in [-0.15, -0.1) is 0 Å². The second-order valence-corrected chi connectivity index (χ2v) is 9.00. The lowest BCUT2D eigenvalue weighted by molar-refractivity contribution is 0.113. The van der Waals surface area contributed by atoms with Gasteiger partial charge >= 0.3 is 10.5 Å². The van der Waals surface area contributed by atoms with Gasteiger partial charge < -0.3 is 4.55 Å². The van der Waals surface area contributed by atoms with E-state index in [1.54, 1.807) is 0 Å². The molecule has 0 saturated heterocycles. The van der Waals surface area contributed by atoms with Crippen molar-refractivity contribution in [2.24, 2.45) is 0 Å². The Bertz CT molecular complexity index is 433. The highest BCUT2D eigenvalue weighted by atomic mass is 32.3. The normalized spacial score (nSPS) is 19.7. The average molecular weight is 320 g/mol. The molecule has 0 radical (unpaired) electrons. The number of alkyl halides is 4. The first-order valence-electron chi connectivity index (χ1n) is 3.72. The Kier molecular flexibility index (Phi) is 4.88. The van der Waals surface area contributed by atoms with Crippen LogP contribution in [0.1, 0.15) is 13.8 Å². The van der Waals surface area contributed by atoms with Crippen molar-refractivity contribution < 1.29 is 39.0 Å². The molecule has 0 saturated carbocycles. The van der Waals surface area contributed by atoms with Crippen molar-refractivity contribution in [3.8, 4) is 0 Å². The molecular formula is C5H8F4O5S3.